The molecule has 2 heterocycles. The lowest BCUT2D eigenvalue weighted by Crippen LogP contribution is -2.38. The molecule has 0 atom stereocenters. The quantitative estimate of drug-likeness (QED) is 0.290. The molecule has 2 N–H and O–H groups in total. The molecule has 0 spiro atoms. The molecule has 4 amide bonds. The van der Waals surface area contributed by atoms with Gasteiger partial charge in [-0.1, -0.05) is 37.3 Å². The van der Waals surface area contributed by atoms with Gasteiger partial charge >= 0.3 is 12.0 Å². The van der Waals surface area contributed by atoms with E-state index >= 15 is 0 Å². The number of urea groups is 1. The van der Waals surface area contributed by atoms with Crippen molar-refractivity contribution < 1.29 is 23.9 Å². The fraction of sp³-hybridized carbons (Fsp3) is 0.214. The van der Waals surface area contributed by atoms with Crippen LogP contribution in [0.2, 0.25) is 0 Å². The highest BCUT2D eigenvalue weighted by molar-refractivity contribution is 6.16. The lowest BCUT2D eigenvalue weighted by molar-refractivity contribution is -0.127. The van der Waals surface area contributed by atoms with E-state index in [1.54, 1.807) is 24.3 Å². The number of ether oxygens (including phenoxy) is 1. The number of aryl methyl sites for hydroxylation is 2. The number of hydrogen-bond acceptors (Lipinski definition) is 5. The van der Waals surface area contributed by atoms with Crippen molar-refractivity contribution in [1.82, 2.24) is 14.8 Å². The van der Waals surface area contributed by atoms with E-state index in [2.05, 4.69) is 10.6 Å². The van der Waals surface area contributed by atoms with Gasteiger partial charge in [0.05, 0.1) is 18.4 Å². The molecule has 4 rings (SSSR count). The summed E-state index contributed by atoms with van der Waals surface area (Å²) >= 11 is 0. The lowest BCUT2D eigenvalue weighted by atomic mass is 10.1. The number of aromatic nitrogens is 1. The largest absolute Gasteiger partial charge is 0.465 e. The fourth-order valence-electron chi connectivity index (χ4n) is 4.41. The zero-order valence-corrected chi connectivity index (χ0v) is 21.1. The summed E-state index contributed by atoms with van der Waals surface area (Å²) in [5.74, 6) is -1.52. The second kappa shape index (κ2) is 10.5. The minimum absolute atomic E-state index is 0.0632. The Bertz CT molecular complexity index is 1440. The first-order valence-corrected chi connectivity index (χ1v) is 11.8. The van der Waals surface area contributed by atoms with Crippen LogP contribution < -0.4 is 10.6 Å². The number of rotatable bonds is 7. The van der Waals surface area contributed by atoms with Gasteiger partial charge in [0.1, 0.15) is 12.2 Å². The smallest absolute Gasteiger partial charge is 0.339 e. The van der Waals surface area contributed by atoms with Crippen LogP contribution in [0.15, 0.2) is 60.3 Å². The average molecular weight is 501 g/mol. The highest BCUT2D eigenvalue weighted by atomic mass is 16.5. The van der Waals surface area contributed by atoms with E-state index in [0.717, 1.165) is 28.3 Å². The molecule has 1 fully saturated rings. The van der Waals surface area contributed by atoms with Crippen LogP contribution in [-0.2, 0) is 20.7 Å². The molecular formula is C28H28N4O5. The van der Waals surface area contributed by atoms with Gasteiger partial charge in [-0.3, -0.25) is 9.59 Å². The molecule has 190 valence electrons. The minimum Gasteiger partial charge on any atom is -0.465 e. The molecule has 1 aromatic heterocycles. The van der Waals surface area contributed by atoms with Gasteiger partial charge in [-0.15, -0.1) is 0 Å². The van der Waals surface area contributed by atoms with E-state index in [0.29, 0.717) is 22.5 Å². The summed E-state index contributed by atoms with van der Waals surface area (Å²) in [6.45, 7) is 5.30. The van der Waals surface area contributed by atoms with Crippen LogP contribution in [0, 0.1) is 13.8 Å². The summed E-state index contributed by atoms with van der Waals surface area (Å²) in [6, 6.07) is 15.6. The molecule has 9 nitrogen and oxygen atoms in total. The molecule has 2 aromatic carbocycles. The number of methoxy groups -OCH3 is 1. The predicted octanol–water partition coefficient (Wildman–Crippen LogP) is 3.97. The third-order valence-electron chi connectivity index (χ3n) is 6.26. The molecule has 1 saturated heterocycles. The van der Waals surface area contributed by atoms with E-state index in [9.17, 15) is 19.2 Å². The Morgan fingerprint density at radius 2 is 1.76 bits per heavy atom. The van der Waals surface area contributed by atoms with Gasteiger partial charge in [-0.2, -0.15) is 0 Å². The number of esters is 1. The predicted molar refractivity (Wildman–Crippen MR) is 139 cm³/mol. The van der Waals surface area contributed by atoms with Crippen molar-refractivity contribution in [2.75, 3.05) is 19.0 Å². The maximum atomic E-state index is 13.0. The van der Waals surface area contributed by atoms with E-state index in [4.69, 9.17) is 4.74 Å². The van der Waals surface area contributed by atoms with E-state index in [-0.39, 0.29) is 5.70 Å². The highest BCUT2D eigenvalue weighted by Gasteiger charge is 2.35. The number of para-hydroxylation sites is 2. The Hall–Kier alpha value is -4.66. The normalized spacial score (nSPS) is 14.2. The molecule has 1 aliphatic rings. The van der Waals surface area contributed by atoms with Gasteiger partial charge in [-0.05, 0) is 61.7 Å². The molecule has 0 bridgehead atoms. The summed E-state index contributed by atoms with van der Waals surface area (Å²) in [5.41, 5.74) is 4.98. The van der Waals surface area contributed by atoms with Gasteiger partial charge in [-0.25, -0.2) is 14.5 Å². The number of anilines is 1. The Labute approximate surface area is 214 Å². The van der Waals surface area contributed by atoms with Crippen LogP contribution in [0.3, 0.4) is 0 Å². The third kappa shape index (κ3) is 5.02. The highest BCUT2D eigenvalue weighted by Crippen LogP contribution is 2.26. The van der Waals surface area contributed by atoms with Crippen LogP contribution in [0.1, 0.15) is 39.8 Å². The van der Waals surface area contributed by atoms with Gasteiger partial charge in [0.25, 0.3) is 5.91 Å². The van der Waals surface area contributed by atoms with Gasteiger partial charge in [0.2, 0.25) is 5.91 Å². The molecule has 3 aromatic rings. The van der Waals surface area contributed by atoms with Crippen LogP contribution in [0.4, 0.5) is 10.5 Å². The average Bonchev–Trinajstić information content (AvgIpc) is 3.32. The summed E-state index contributed by atoms with van der Waals surface area (Å²) in [7, 11) is 1.33. The van der Waals surface area contributed by atoms with Crippen LogP contribution in [0.5, 0.6) is 0 Å². The van der Waals surface area contributed by atoms with E-state index < -0.39 is 30.4 Å². The first kappa shape index (κ1) is 25.4. The number of imide groups is 1. The van der Waals surface area contributed by atoms with Crippen LogP contribution in [-0.4, -0.2) is 46.9 Å². The van der Waals surface area contributed by atoms with Crippen molar-refractivity contribution in [3.63, 3.8) is 0 Å². The van der Waals surface area contributed by atoms with Crippen LogP contribution in [0.25, 0.3) is 11.8 Å². The maximum Gasteiger partial charge on any atom is 0.339 e. The molecule has 9 heteroatoms. The van der Waals surface area contributed by atoms with Crippen molar-refractivity contribution in [1.29, 1.82) is 0 Å². The maximum absolute atomic E-state index is 13.0. The van der Waals surface area contributed by atoms with Crippen molar-refractivity contribution in [3.05, 3.63) is 88.4 Å². The zero-order chi connectivity index (χ0) is 26.7. The number of nitrogens with one attached hydrogen (secondary N) is 2. The minimum atomic E-state index is -0.667. The topological polar surface area (TPSA) is 110 Å². The first-order valence-electron chi connectivity index (χ1n) is 11.8. The Balaban J connectivity index is 1.57. The standard InChI is InChI=1S/C28H28N4O5/c1-5-19-10-6-8-12-22(19)29-25(33)16-31-26(34)23(30-28(31)36)15-20-14-17(2)32(18(20)3)24-13-9-7-11-21(24)27(35)37-4/h6-15H,5,16H2,1-4H3,(H,29,33)(H,30,36)/b23-15+. The SMILES string of the molecule is CCc1ccccc1NC(=O)CN1C(=O)N/C(=C/c2cc(C)n(-c3ccccc3C(=O)OC)c2C)C1=O. The summed E-state index contributed by atoms with van der Waals surface area (Å²) in [4.78, 5) is 51.3. The van der Waals surface area contributed by atoms with Gasteiger partial charge in [0.15, 0.2) is 0 Å². The molecule has 37 heavy (non-hydrogen) atoms. The zero-order valence-electron chi connectivity index (χ0n) is 21.1. The second-order valence-corrected chi connectivity index (χ2v) is 8.61. The number of hydrogen-bond donors (Lipinski definition) is 2. The lowest BCUT2D eigenvalue weighted by Gasteiger charge is -2.14. The second-order valence-electron chi connectivity index (χ2n) is 8.61. The Kier molecular flexibility index (Phi) is 7.24. The van der Waals surface area contributed by atoms with E-state index in [1.165, 1.54) is 7.11 Å². The Morgan fingerprint density at radius 3 is 2.49 bits per heavy atom. The fourth-order valence-corrected chi connectivity index (χ4v) is 4.41. The first-order chi connectivity index (χ1) is 17.7. The summed E-state index contributed by atoms with van der Waals surface area (Å²) in [5, 5.41) is 5.34. The Morgan fingerprint density at radius 1 is 1.05 bits per heavy atom. The van der Waals surface area contributed by atoms with E-state index in [1.807, 2.05) is 61.7 Å². The number of carbonyl (C=O) groups is 4. The molecule has 1 aliphatic heterocycles. The summed E-state index contributed by atoms with van der Waals surface area (Å²) in [6.07, 6.45) is 2.30. The van der Waals surface area contributed by atoms with Crippen molar-refractivity contribution in [3.8, 4) is 5.69 Å². The number of amides is 4. The molecule has 0 saturated carbocycles. The van der Waals surface area contributed by atoms with Gasteiger partial charge in [0, 0.05) is 17.1 Å². The molecule has 0 radical (unpaired) electrons. The number of nitrogens with zero attached hydrogens (tertiary/aromatic N) is 2. The molecule has 0 aliphatic carbocycles. The van der Waals surface area contributed by atoms with Crippen molar-refractivity contribution >= 4 is 35.6 Å². The molecular weight excluding hydrogens is 472 g/mol. The number of benzene rings is 2. The summed E-state index contributed by atoms with van der Waals surface area (Å²) < 4.78 is 6.80. The monoisotopic (exact) mass is 500 g/mol. The van der Waals surface area contributed by atoms with Crippen LogP contribution >= 0.6 is 0 Å². The third-order valence-corrected chi connectivity index (χ3v) is 6.26. The van der Waals surface area contributed by atoms with Gasteiger partial charge < -0.3 is 19.9 Å². The molecule has 0 unspecified atom stereocenters. The van der Waals surface area contributed by atoms with Crippen molar-refractivity contribution in [2.45, 2.75) is 27.2 Å². The van der Waals surface area contributed by atoms with Crippen molar-refractivity contribution in [2.24, 2.45) is 0 Å². The number of carbonyl (C=O) groups excluding carboxylic acids is 4.